The number of carbonyl (C=O) groups excluding carboxylic acids is 1. The largest absolute Gasteiger partial charge is 0.472 e. The van der Waals surface area contributed by atoms with Crippen LogP contribution in [-0.2, 0) is 27.9 Å². The van der Waals surface area contributed by atoms with Gasteiger partial charge >= 0.3 is 13.8 Å². The van der Waals surface area contributed by atoms with Gasteiger partial charge in [-0.2, -0.15) is 0 Å². The third kappa shape index (κ3) is 37.5. The van der Waals surface area contributed by atoms with E-state index in [1.54, 1.807) is 0 Å². The molecule has 0 aliphatic heterocycles. The van der Waals surface area contributed by atoms with Crippen molar-refractivity contribution >= 4 is 13.8 Å². The molecule has 0 fully saturated rings. The van der Waals surface area contributed by atoms with E-state index >= 15 is 0 Å². The lowest BCUT2D eigenvalue weighted by Gasteiger charge is -2.20. The number of hydrogen-bond donors (Lipinski definition) is 2. The fraction of sp³-hybridized carbons (Fsp3) is 0.732. The van der Waals surface area contributed by atoms with Crippen LogP contribution in [-0.4, -0.2) is 49.9 Å². The van der Waals surface area contributed by atoms with Crippen molar-refractivity contribution in [3.8, 4) is 0 Å². The van der Waals surface area contributed by atoms with E-state index in [4.69, 9.17) is 24.3 Å². The van der Waals surface area contributed by atoms with Crippen LogP contribution in [0.1, 0.15) is 155 Å². The summed E-state index contributed by atoms with van der Waals surface area (Å²) in [5, 5.41) is 0. The Hall–Kier alpha value is -1.80. The SMILES string of the molecule is CC/C=C\C/C=C\C/C=C\C/C=C\C/C=C\CCCCCCCCOCC(COP(=O)(O)OCCN)OC(=O)CCCCCCCCCCC. The first-order chi connectivity index (χ1) is 24.4. The summed E-state index contributed by atoms with van der Waals surface area (Å²) in [6, 6.07) is 0. The van der Waals surface area contributed by atoms with Gasteiger partial charge in [-0.1, -0.05) is 152 Å². The van der Waals surface area contributed by atoms with Crippen molar-refractivity contribution in [3.63, 3.8) is 0 Å². The second-order valence-electron chi connectivity index (χ2n) is 12.8. The van der Waals surface area contributed by atoms with Gasteiger partial charge in [0.2, 0.25) is 0 Å². The number of ether oxygens (including phenoxy) is 2. The van der Waals surface area contributed by atoms with Crippen molar-refractivity contribution < 1.29 is 32.8 Å². The maximum atomic E-state index is 12.5. The molecule has 0 amide bonds. The van der Waals surface area contributed by atoms with E-state index in [0.717, 1.165) is 77.0 Å². The van der Waals surface area contributed by atoms with Crippen LogP contribution in [0, 0.1) is 0 Å². The number of rotatable bonds is 37. The average molecular weight is 724 g/mol. The summed E-state index contributed by atoms with van der Waals surface area (Å²) in [6.07, 6.45) is 45.3. The molecule has 2 unspecified atom stereocenters. The van der Waals surface area contributed by atoms with Crippen molar-refractivity contribution in [1.82, 2.24) is 0 Å². The van der Waals surface area contributed by atoms with Crippen LogP contribution >= 0.6 is 7.82 Å². The Kier molecular flexibility index (Phi) is 37.0. The Morgan fingerprint density at radius 3 is 1.68 bits per heavy atom. The summed E-state index contributed by atoms with van der Waals surface area (Å²) in [6.45, 7) is 4.73. The Balaban J connectivity index is 4.04. The monoisotopic (exact) mass is 724 g/mol. The summed E-state index contributed by atoms with van der Waals surface area (Å²) in [5.41, 5.74) is 5.35. The van der Waals surface area contributed by atoms with E-state index in [9.17, 15) is 14.3 Å². The highest BCUT2D eigenvalue weighted by Gasteiger charge is 2.25. The number of phosphoric ester groups is 1. The van der Waals surface area contributed by atoms with Gasteiger partial charge in [-0.3, -0.25) is 13.8 Å². The summed E-state index contributed by atoms with van der Waals surface area (Å²) >= 11 is 0. The number of nitrogens with two attached hydrogens (primary N) is 1. The lowest BCUT2D eigenvalue weighted by Crippen LogP contribution is -2.28. The first-order valence-corrected chi connectivity index (χ1v) is 21.3. The zero-order valence-electron chi connectivity index (χ0n) is 31.9. The maximum Gasteiger partial charge on any atom is 0.472 e. The standard InChI is InChI=1S/C41H74NO7P/c1-3-5-7-9-11-13-14-15-16-17-18-19-20-21-22-23-24-25-27-29-31-33-36-46-38-40(39-48-50(44,45)47-37-35-42)49-41(43)34-32-30-28-26-12-10-8-6-4-2/h5,7,11,13,15-16,18-19,21-22,40H,3-4,6,8-10,12,14,17,20,23-39,42H2,1-2H3,(H,44,45)/b7-5-,13-11-,16-15-,19-18-,22-21-. The molecule has 0 aromatic rings. The molecule has 0 bridgehead atoms. The first kappa shape index (κ1) is 48.2. The van der Waals surface area contributed by atoms with Gasteiger partial charge < -0.3 is 20.1 Å². The highest BCUT2D eigenvalue weighted by Crippen LogP contribution is 2.43. The fourth-order valence-corrected chi connectivity index (χ4v) is 5.85. The van der Waals surface area contributed by atoms with Crippen molar-refractivity contribution in [2.75, 3.05) is 33.0 Å². The van der Waals surface area contributed by atoms with Gasteiger partial charge in [0.15, 0.2) is 0 Å². The molecule has 0 heterocycles. The van der Waals surface area contributed by atoms with Gasteiger partial charge in [-0.25, -0.2) is 4.57 Å². The van der Waals surface area contributed by atoms with Crippen molar-refractivity contribution in [2.24, 2.45) is 5.73 Å². The second-order valence-corrected chi connectivity index (χ2v) is 14.2. The highest BCUT2D eigenvalue weighted by atomic mass is 31.2. The molecule has 2 atom stereocenters. The number of unbranched alkanes of at least 4 members (excludes halogenated alkanes) is 14. The third-order valence-corrected chi connectivity index (χ3v) is 8.93. The summed E-state index contributed by atoms with van der Waals surface area (Å²) in [4.78, 5) is 22.3. The fourth-order valence-electron chi connectivity index (χ4n) is 5.08. The predicted molar refractivity (Wildman–Crippen MR) is 210 cm³/mol. The minimum Gasteiger partial charge on any atom is -0.457 e. The molecular formula is C41H74NO7P. The van der Waals surface area contributed by atoms with E-state index in [-0.39, 0.29) is 32.3 Å². The molecule has 8 nitrogen and oxygen atoms in total. The molecule has 0 saturated heterocycles. The highest BCUT2D eigenvalue weighted by molar-refractivity contribution is 7.47. The maximum absolute atomic E-state index is 12.5. The molecule has 290 valence electrons. The van der Waals surface area contributed by atoms with Gasteiger partial charge in [0.1, 0.15) is 6.10 Å². The lowest BCUT2D eigenvalue weighted by atomic mass is 10.1. The molecule has 0 radical (unpaired) electrons. The zero-order valence-corrected chi connectivity index (χ0v) is 32.8. The van der Waals surface area contributed by atoms with E-state index in [2.05, 4.69) is 74.6 Å². The van der Waals surface area contributed by atoms with Gasteiger partial charge in [0, 0.05) is 19.6 Å². The number of hydrogen-bond acceptors (Lipinski definition) is 7. The number of carbonyl (C=O) groups is 1. The van der Waals surface area contributed by atoms with Crippen LogP contribution in [0.2, 0.25) is 0 Å². The van der Waals surface area contributed by atoms with E-state index < -0.39 is 13.9 Å². The Bertz CT molecular complexity index is 947. The van der Waals surface area contributed by atoms with Crippen molar-refractivity contribution in [3.05, 3.63) is 60.8 Å². The van der Waals surface area contributed by atoms with Gasteiger partial charge in [-0.05, 0) is 57.8 Å². The summed E-state index contributed by atoms with van der Waals surface area (Å²) in [7, 11) is -4.27. The minimum atomic E-state index is -4.27. The molecule has 0 aliphatic carbocycles. The normalized spacial score (nSPS) is 14.2. The molecule has 9 heteroatoms. The Labute approximate surface area is 306 Å². The molecule has 0 aromatic heterocycles. The van der Waals surface area contributed by atoms with E-state index in [0.29, 0.717) is 13.0 Å². The number of esters is 1. The van der Waals surface area contributed by atoms with E-state index in [1.165, 1.54) is 57.8 Å². The molecule has 0 aliphatic rings. The van der Waals surface area contributed by atoms with Gasteiger partial charge in [0.25, 0.3) is 0 Å². The van der Waals surface area contributed by atoms with Crippen LogP contribution in [0.5, 0.6) is 0 Å². The van der Waals surface area contributed by atoms with Crippen molar-refractivity contribution in [2.45, 2.75) is 161 Å². The van der Waals surface area contributed by atoms with Gasteiger partial charge in [-0.15, -0.1) is 0 Å². The minimum absolute atomic E-state index is 0.0957. The first-order valence-electron chi connectivity index (χ1n) is 19.8. The van der Waals surface area contributed by atoms with Crippen LogP contribution in [0.4, 0.5) is 0 Å². The predicted octanol–water partition coefficient (Wildman–Crippen LogP) is 11.4. The van der Waals surface area contributed by atoms with E-state index in [1.807, 2.05) is 0 Å². The van der Waals surface area contributed by atoms with Crippen LogP contribution in [0.3, 0.4) is 0 Å². The molecule has 0 saturated carbocycles. The molecule has 3 N–H and O–H groups in total. The number of allylic oxidation sites excluding steroid dienone is 10. The van der Waals surface area contributed by atoms with Gasteiger partial charge in [0.05, 0.1) is 19.8 Å². The third-order valence-electron chi connectivity index (χ3n) is 7.95. The molecule has 0 rings (SSSR count). The molecule has 50 heavy (non-hydrogen) atoms. The van der Waals surface area contributed by atoms with Crippen LogP contribution in [0.15, 0.2) is 60.8 Å². The average Bonchev–Trinajstić information content (AvgIpc) is 3.10. The quantitative estimate of drug-likeness (QED) is 0.0281. The Morgan fingerprint density at radius 1 is 0.620 bits per heavy atom. The Morgan fingerprint density at radius 2 is 1.12 bits per heavy atom. The van der Waals surface area contributed by atoms with Crippen molar-refractivity contribution in [1.29, 1.82) is 0 Å². The molecular weight excluding hydrogens is 649 g/mol. The molecule has 0 aromatic carbocycles. The smallest absolute Gasteiger partial charge is 0.457 e. The second kappa shape index (κ2) is 38.4. The summed E-state index contributed by atoms with van der Waals surface area (Å²) in [5.74, 6) is -0.342. The summed E-state index contributed by atoms with van der Waals surface area (Å²) < 4.78 is 33.3. The zero-order chi connectivity index (χ0) is 36.6. The van der Waals surface area contributed by atoms with Crippen LogP contribution < -0.4 is 5.73 Å². The topological polar surface area (TPSA) is 117 Å². The molecule has 0 spiro atoms. The van der Waals surface area contributed by atoms with Crippen LogP contribution in [0.25, 0.3) is 0 Å². The number of phosphoric acid groups is 1. The lowest BCUT2D eigenvalue weighted by molar-refractivity contribution is -0.154.